The van der Waals surface area contributed by atoms with Crippen LogP contribution in [0.15, 0.2) is 72.9 Å². The predicted molar refractivity (Wildman–Crippen MR) is 242 cm³/mol. The van der Waals surface area contributed by atoms with E-state index >= 15 is 0 Å². The molecule has 11 heteroatoms. The van der Waals surface area contributed by atoms with Crippen molar-refractivity contribution in [2.75, 3.05) is 26.4 Å². The van der Waals surface area contributed by atoms with Crippen LogP contribution in [0, 0.1) is 0 Å². The van der Waals surface area contributed by atoms with Gasteiger partial charge in [0.2, 0.25) is 0 Å². The van der Waals surface area contributed by atoms with E-state index < -0.39 is 51.8 Å². The van der Waals surface area contributed by atoms with E-state index in [-0.39, 0.29) is 19.4 Å². The van der Waals surface area contributed by atoms with E-state index in [1.165, 1.54) is 44.9 Å². The van der Waals surface area contributed by atoms with Crippen molar-refractivity contribution >= 4 is 19.8 Å². The number of aliphatic hydroxyl groups is 2. The van der Waals surface area contributed by atoms with Crippen LogP contribution in [-0.2, 0) is 32.7 Å². The number of unbranched alkanes of at least 4 members (excludes halogenated alkanes) is 16. The minimum Gasteiger partial charge on any atom is -0.462 e. The molecule has 3 N–H and O–H groups in total. The Morgan fingerprint density at radius 1 is 0.525 bits per heavy atom. The Hall–Kier alpha value is -2.59. The number of ether oxygens (including phenoxy) is 2. The minimum atomic E-state index is -4.63. The van der Waals surface area contributed by atoms with Crippen molar-refractivity contribution in [3.05, 3.63) is 72.9 Å². The number of allylic oxidation sites excluding steroid dienone is 12. The number of hydrogen-bond donors (Lipinski definition) is 3. The number of rotatable bonds is 42. The van der Waals surface area contributed by atoms with Gasteiger partial charge in [-0.1, -0.05) is 157 Å². The molecule has 0 fully saturated rings. The van der Waals surface area contributed by atoms with Gasteiger partial charge in [0.15, 0.2) is 6.10 Å². The van der Waals surface area contributed by atoms with Gasteiger partial charge in [-0.05, 0) is 83.5 Å². The zero-order valence-corrected chi connectivity index (χ0v) is 37.8. The molecule has 3 unspecified atom stereocenters. The fourth-order valence-electron chi connectivity index (χ4n) is 5.84. The maximum absolute atomic E-state index is 12.6. The number of carbonyl (C=O) groups excluding carboxylic acids is 2. The third kappa shape index (κ3) is 43.3. The molecule has 0 aromatic carbocycles. The largest absolute Gasteiger partial charge is 0.472 e. The Bertz CT molecular complexity index is 1210. The number of carbonyl (C=O) groups is 2. The zero-order chi connectivity index (χ0) is 43.3. The topological polar surface area (TPSA) is 149 Å². The third-order valence-electron chi connectivity index (χ3n) is 9.34. The summed E-state index contributed by atoms with van der Waals surface area (Å²) in [6, 6.07) is 0. The molecule has 0 aliphatic heterocycles. The Morgan fingerprint density at radius 2 is 0.932 bits per heavy atom. The first-order chi connectivity index (χ1) is 28.7. The normalized spacial score (nSPS) is 14.5. The summed E-state index contributed by atoms with van der Waals surface area (Å²) in [5.74, 6) is -0.954. The van der Waals surface area contributed by atoms with Gasteiger partial charge in [0.05, 0.1) is 19.8 Å². The Balaban J connectivity index is 4.31. The molecule has 0 rings (SSSR count). The lowest BCUT2D eigenvalue weighted by Crippen LogP contribution is -2.29. The molecule has 0 radical (unpaired) electrons. The first-order valence-electron chi connectivity index (χ1n) is 22.9. The van der Waals surface area contributed by atoms with Crippen LogP contribution in [0.25, 0.3) is 0 Å². The van der Waals surface area contributed by atoms with E-state index in [0.29, 0.717) is 12.8 Å². The third-order valence-corrected chi connectivity index (χ3v) is 10.3. The summed E-state index contributed by atoms with van der Waals surface area (Å²) < 4.78 is 32.8. The second-order valence-electron chi connectivity index (χ2n) is 15.0. The van der Waals surface area contributed by atoms with Crippen molar-refractivity contribution in [3.63, 3.8) is 0 Å². The van der Waals surface area contributed by atoms with Crippen molar-refractivity contribution in [2.45, 2.75) is 193 Å². The molecule has 340 valence electrons. The van der Waals surface area contributed by atoms with Gasteiger partial charge < -0.3 is 24.6 Å². The highest BCUT2D eigenvalue weighted by Gasteiger charge is 2.27. The summed E-state index contributed by atoms with van der Waals surface area (Å²) in [5.41, 5.74) is 0. The molecule has 0 saturated heterocycles. The monoisotopic (exact) mass is 851 g/mol. The predicted octanol–water partition coefficient (Wildman–Crippen LogP) is 12.4. The van der Waals surface area contributed by atoms with Gasteiger partial charge >= 0.3 is 19.8 Å². The van der Waals surface area contributed by atoms with E-state index in [2.05, 4.69) is 86.8 Å². The molecule has 0 aromatic heterocycles. The van der Waals surface area contributed by atoms with Crippen molar-refractivity contribution in [3.8, 4) is 0 Å². The molecule has 0 aliphatic rings. The van der Waals surface area contributed by atoms with Crippen molar-refractivity contribution in [1.29, 1.82) is 0 Å². The summed E-state index contributed by atoms with van der Waals surface area (Å²) in [6.45, 7) is 2.21. The molecule has 59 heavy (non-hydrogen) atoms. The van der Waals surface area contributed by atoms with Crippen LogP contribution in [0.5, 0.6) is 0 Å². The fourth-order valence-corrected chi connectivity index (χ4v) is 6.63. The SMILES string of the molecule is CC/C=C\C/C=C\C/C=C\C/C=C\CCCCCCCCC(=O)OC(COC(=O)CCCCCCCCC/C=C\C/C=C\CCCCC)COP(=O)(O)OCC(O)CO. The van der Waals surface area contributed by atoms with Gasteiger partial charge in [-0.15, -0.1) is 0 Å². The van der Waals surface area contributed by atoms with E-state index in [4.69, 9.17) is 23.6 Å². The number of phosphoric ester groups is 1. The van der Waals surface area contributed by atoms with Crippen LogP contribution in [0.2, 0.25) is 0 Å². The first-order valence-corrected chi connectivity index (χ1v) is 24.4. The number of hydrogen-bond acceptors (Lipinski definition) is 9. The van der Waals surface area contributed by atoms with Crippen molar-refractivity contribution in [1.82, 2.24) is 0 Å². The molecular formula is C48H83O10P. The van der Waals surface area contributed by atoms with E-state index in [1.54, 1.807) is 0 Å². The highest BCUT2D eigenvalue weighted by atomic mass is 31.2. The highest BCUT2D eigenvalue weighted by molar-refractivity contribution is 7.47. The van der Waals surface area contributed by atoms with Crippen LogP contribution in [0.4, 0.5) is 0 Å². The summed E-state index contributed by atoms with van der Waals surface area (Å²) in [6.07, 6.45) is 50.0. The first kappa shape index (κ1) is 56.4. The molecule has 0 aromatic rings. The Kier molecular flexibility index (Phi) is 41.6. The van der Waals surface area contributed by atoms with E-state index in [9.17, 15) is 24.2 Å². The summed E-state index contributed by atoms with van der Waals surface area (Å²) in [7, 11) is -4.63. The molecular weight excluding hydrogens is 767 g/mol. The van der Waals surface area contributed by atoms with Gasteiger partial charge in [-0.25, -0.2) is 4.57 Å². The maximum Gasteiger partial charge on any atom is 0.472 e. The minimum absolute atomic E-state index is 0.163. The molecule has 0 aliphatic carbocycles. The number of aliphatic hydroxyl groups excluding tert-OH is 2. The summed E-state index contributed by atoms with van der Waals surface area (Å²) >= 11 is 0. The van der Waals surface area contributed by atoms with Crippen LogP contribution >= 0.6 is 7.82 Å². The number of phosphoric acid groups is 1. The molecule has 3 atom stereocenters. The summed E-state index contributed by atoms with van der Waals surface area (Å²) in [5, 5.41) is 18.4. The fraction of sp³-hybridized carbons (Fsp3) is 0.708. The van der Waals surface area contributed by atoms with Crippen molar-refractivity contribution in [2.24, 2.45) is 0 Å². The van der Waals surface area contributed by atoms with Crippen molar-refractivity contribution < 1.29 is 47.8 Å². The molecule has 0 amide bonds. The van der Waals surface area contributed by atoms with Crippen LogP contribution < -0.4 is 0 Å². The van der Waals surface area contributed by atoms with Crippen LogP contribution in [0.1, 0.15) is 181 Å². The van der Waals surface area contributed by atoms with Crippen LogP contribution in [-0.4, -0.2) is 65.7 Å². The molecule has 0 saturated carbocycles. The average molecular weight is 851 g/mol. The van der Waals surface area contributed by atoms with Crippen LogP contribution in [0.3, 0.4) is 0 Å². The smallest absolute Gasteiger partial charge is 0.462 e. The lowest BCUT2D eigenvalue weighted by Gasteiger charge is -2.20. The molecule has 0 heterocycles. The zero-order valence-electron chi connectivity index (χ0n) is 36.9. The van der Waals surface area contributed by atoms with Gasteiger partial charge in [-0.2, -0.15) is 0 Å². The standard InChI is InChI=1S/C48H83O10P/c1-3-5-7-9-11-13-15-17-19-21-22-24-26-28-30-32-34-36-38-40-48(52)58-46(44-57-59(53,54)56-42-45(50)41-49)43-55-47(51)39-37-35-33-31-29-27-25-23-20-18-16-14-12-10-8-6-4-2/h5,7,11-14,17-20,22,24,45-46,49-50H,3-4,6,8-10,15-16,21,23,25-44H2,1-2H3,(H,53,54)/b7-5-,13-11-,14-12-,19-17-,20-18-,24-22-. The Labute approximate surface area is 358 Å². The molecule has 0 bridgehead atoms. The lowest BCUT2D eigenvalue weighted by atomic mass is 10.1. The van der Waals surface area contributed by atoms with E-state index in [0.717, 1.165) is 96.3 Å². The highest BCUT2D eigenvalue weighted by Crippen LogP contribution is 2.43. The second kappa shape index (κ2) is 43.5. The Morgan fingerprint density at radius 3 is 1.41 bits per heavy atom. The van der Waals surface area contributed by atoms with Gasteiger partial charge in [0.1, 0.15) is 12.7 Å². The van der Waals surface area contributed by atoms with Gasteiger partial charge in [0.25, 0.3) is 0 Å². The summed E-state index contributed by atoms with van der Waals surface area (Å²) in [4.78, 5) is 35.1. The average Bonchev–Trinajstić information content (AvgIpc) is 3.22. The number of esters is 2. The van der Waals surface area contributed by atoms with E-state index in [1.807, 2.05) is 0 Å². The maximum atomic E-state index is 12.6. The molecule has 10 nitrogen and oxygen atoms in total. The van der Waals surface area contributed by atoms with Gasteiger partial charge in [0, 0.05) is 12.8 Å². The lowest BCUT2D eigenvalue weighted by molar-refractivity contribution is -0.161. The van der Waals surface area contributed by atoms with Gasteiger partial charge in [-0.3, -0.25) is 18.6 Å². The quantitative estimate of drug-likeness (QED) is 0.0234. The molecule has 0 spiro atoms. The second-order valence-corrected chi connectivity index (χ2v) is 16.5.